The van der Waals surface area contributed by atoms with Crippen molar-refractivity contribution in [2.75, 3.05) is 0 Å². The lowest BCUT2D eigenvalue weighted by molar-refractivity contribution is 0.496. The van der Waals surface area contributed by atoms with Gasteiger partial charge in [0.1, 0.15) is 11.2 Å². The van der Waals surface area contributed by atoms with Gasteiger partial charge in [-0.1, -0.05) is 83.9 Å². The predicted octanol–water partition coefficient (Wildman–Crippen LogP) is 4.77. The van der Waals surface area contributed by atoms with Gasteiger partial charge in [0.05, 0.1) is 5.22 Å². The summed E-state index contributed by atoms with van der Waals surface area (Å²) in [5.41, 5.74) is 1.11. The van der Waals surface area contributed by atoms with Crippen molar-refractivity contribution in [3.8, 4) is 0 Å². The van der Waals surface area contributed by atoms with Gasteiger partial charge in [-0.3, -0.25) is 4.79 Å². The van der Waals surface area contributed by atoms with Gasteiger partial charge in [-0.15, -0.1) is 0 Å². The van der Waals surface area contributed by atoms with Gasteiger partial charge in [0.25, 0.3) is 0 Å². The van der Waals surface area contributed by atoms with Crippen molar-refractivity contribution < 1.29 is 4.42 Å². The van der Waals surface area contributed by atoms with Gasteiger partial charge in [0.15, 0.2) is 5.43 Å². The lowest BCUT2D eigenvalue weighted by Crippen LogP contribution is -2.38. The summed E-state index contributed by atoms with van der Waals surface area (Å²) in [5.74, 6) is 0.488. The van der Waals surface area contributed by atoms with Crippen LogP contribution in [0.1, 0.15) is 40.4 Å². The average molecular weight is 326 g/mol. The van der Waals surface area contributed by atoms with E-state index in [0.717, 1.165) is 5.57 Å². The highest BCUT2D eigenvalue weighted by Crippen LogP contribution is 2.12. The molecule has 0 aliphatic rings. The Morgan fingerprint density at radius 2 is 1.58 bits per heavy atom. The van der Waals surface area contributed by atoms with Gasteiger partial charge in [0, 0.05) is 11.6 Å². The maximum absolute atomic E-state index is 12.2. The Morgan fingerprint density at radius 1 is 1.00 bits per heavy atom. The van der Waals surface area contributed by atoms with Crippen LogP contribution in [0.15, 0.2) is 71.5 Å². The highest BCUT2D eigenvalue weighted by Gasteiger charge is 2.03. The van der Waals surface area contributed by atoms with E-state index < -0.39 is 0 Å². The van der Waals surface area contributed by atoms with E-state index in [-0.39, 0.29) is 5.43 Å². The van der Waals surface area contributed by atoms with Gasteiger partial charge in [0.2, 0.25) is 0 Å². The first-order valence-electron chi connectivity index (χ1n) is 8.23. The molecule has 2 heteroatoms. The van der Waals surface area contributed by atoms with Crippen molar-refractivity contribution in [1.82, 2.24) is 0 Å². The van der Waals surface area contributed by atoms with Gasteiger partial charge in [-0.05, 0) is 19.1 Å². The summed E-state index contributed by atoms with van der Waals surface area (Å²) >= 11 is 0. The van der Waals surface area contributed by atoms with Crippen molar-refractivity contribution in [2.24, 2.45) is 0 Å². The monoisotopic (exact) mass is 326 g/mol. The molecule has 0 atom stereocenters. The quantitative estimate of drug-likeness (QED) is 0.730. The van der Waals surface area contributed by atoms with Crippen LogP contribution < -0.4 is 16.1 Å². The second-order valence-corrected chi connectivity index (χ2v) is 3.92. The minimum absolute atomic E-state index is 0.126. The van der Waals surface area contributed by atoms with E-state index in [4.69, 9.17) is 4.42 Å². The normalized spacial score (nSPS) is 12.0. The van der Waals surface area contributed by atoms with Crippen LogP contribution in [0.3, 0.4) is 0 Å². The molecule has 0 fully saturated rings. The summed E-state index contributed by atoms with van der Waals surface area (Å²) < 4.78 is 5.78. The highest BCUT2D eigenvalue weighted by molar-refractivity contribution is 5.71. The first-order valence-corrected chi connectivity index (χ1v) is 8.23. The Bertz CT molecular complexity index is 741. The molecule has 1 heterocycles. The molecule has 0 bridgehead atoms. The summed E-state index contributed by atoms with van der Waals surface area (Å²) in [7, 11) is 0. The van der Waals surface area contributed by atoms with Crippen molar-refractivity contribution in [3.63, 3.8) is 0 Å². The van der Waals surface area contributed by atoms with Crippen LogP contribution in [0.2, 0.25) is 0 Å². The third-order valence-corrected chi connectivity index (χ3v) is 2.49. The SMILES string of the molecule is C=C/C=C(\C=C/C)c1cc(=O)c(=C/C=C)/c(=C\C=C)o1.CC.CC. The van der Waals surface area contributed by atoms with Crippen LogP contribution in [0.4, 0.5) is 0 Å². The van der Waals surface area contributed by atoms with Crippen LogP contribution in [0.5, 0.6) is 0 Å². The zero-order valence-corrected chi connectivity index (χ0v) is 15.6. The third kappa shape index (κ3) is 7.59. The molecule has 24 heavy (non-hydrogen) atoms. The molecular formula is C22H30O2. The molecule has 0 saturated carbocycles. The maximum atomic E-state index is 12.2. The lowest BCUT2D eigenvalue weighted by Gasteiger charge is -2.01. The van der Waals surface area contributed by atoms with E-state index in [1.807, 2.05) is 46.8 Å². The summed E-state index contributed by atoms with van der Waals surface area (Å²) in [6.45, 7) is 20.8. The molecule has 1 rings (SSSR count). The zero-order chi connectivity index (χ0) is 19.0. The van der Waals surface area contributed by atoms with Gasteiger partial charge in [-0.2, -0.15) is 0 Å². The van der Waals surface area contributed by atoms with Crippen LogP contribution in [0.25, 0.3) is 17.7 Å². The number of hydrogen-bond donors (Lipinski definition) is 0. The molecule has 0 radical (unpaired) electrons. The number of allylic oxidation sites excluding steroid dienone is 7. The smallest absolute Gasteiger partial charge is 0.193 e. The van der Waals surface area contributed by atoms with Crippen molar-refractivity contribution >= 4 is 17.7 Å². The van der Waals surface area contributed by atoms with E-state index in [1.165, 1.54) is 6.07 Å². The first kappa shape index (κ1) is 23.7. The molecular weight excluding hydrogens is 296 g/mol. The van der Waals surface area contributed by atoms with Crippen LogP contribution >= 0.6 is 0 Å². The summed E-state index contributed by atoms with van der Waals surface area (Å²) in [6, 6.07) is 1.46. The molecule has 0 aliphatic carbocycles. The van der Waals surface area contributed by atoms with Crippen LogP contribution in [0, 0.1) is 0 Å². The van der Waals surface area contributed by atoms with E-state index in [0.29, 0.717) is 16.4 Å². The van der Waals surface area contributed by atoms with Crippen molar-refractivity contribution in [1.29, 1.82) is 0 Å². The molecule has 0 spiro atoms. The molecule has 1 aromatic rings. The summed E-state index contributed by atoms with van der Waals surface area (Å²) in [4.78, 5) is 12.2. The van der Waals surface area contributed by atoms with Gasteiger partial charge in [-0.25, -0.2) is 0 Å². The van der Waals surface area contributed by atoms with Crippen molar-refractivity contribution in [2.45, 2.75) is 34.6 Å². The fourth-order valence-electron chi connectivity index (χ4n) is 1.70. The fourth-order valence-corrected chi connectivity index (χ4v) is 1.70. The highest BCUT2D eigenvalue weighted by atomic mass is 16.3. The minimum atomic E-state index is -0.126. The Hall–Kier alpha value is -2.61. The standard InChI is InChI=1S/C18H18O2.2C2H6/c1-5-9-14(10-6-2)18-13-16(19)15(11-7-3)17(20-18)12-8-4;2*1-2/h5-13H,1,3-4H2,2H3;2*1-2H3/b10-6-,14-9+,15-11-,17-12+;;. The summed E-state index contributed by atoms with van der Waals surface area (Å²) in [5, 5.41) is 0.460. The third-order valence-electron chi connectivity index (χ3n) is 2.49. The molecule has 0 amide bonds. The molecule has 0 aromatic carbocycles. The Kier molecular flexibility index (Phi) is 15.1. The maximum Gasteiger partial charge on any atom is 0.193 e. The van der Waals surface area contributed by atoms with E-state index in [9.17, 15) is 4.79 Å². The van der Waals surface area contributed by atoms with Crippen LogP contribution in [-0.2, 0) is 0 Å². The molecule has 1 aromatic heterocycles. The Balaban J connectivity index is 0. The second kappa shape index (κ2) is 15.3. The first-order chi connectivity index (χ1) is 11.7. The molecule has 0 N–H and O–H groups in total. The minimum Gasteiger partial charge on any atom is -0.456 e. The van der Waals surface area contributed by atoms with E-state index >= 15 is 0 Å². The van der Waals surface area contributed by atoms with Crippen LogP contribution in [-0.4, -0.2) is 0 Å². The predicted molar refractivity (Wildman–Crippen MR) is 109 cm³/mol. The van der Waals surface area contributed by atoms with E-state index in [2.05, 4.69) is 19.7 Å². The van der Waals surface area contributed by atoms with Gasteiger partial charge >= 0.3 is 0 Å². The Labute approximate surface area is 146 Å². The molecule has 0 unspecified atom stereocenters. The zero-order valence-electron chi connectivity index (χ0n) is 15.6. The molecule has 0 aliphatic heterocycles. The molecule has 2 nitrogen and oxygen atoms in total. The molecule has 130 valence electrons. The van der Waals surface area contributed by atoms with Crippen molar-refractivity contribution in [3.05, 3.63) is 88.9 Å². The topological polar surface area (TPSA) is 30.2 Å². The fraction of sp³-hybridized carbons (Fsp3) is 0.227. The second-order valence-electron chi connectivity index (χ2n) is 3.92. The van der Waals surface area contributed by atoms with Gasteiger partial charge < -0.3 is 4.42 Å². The number of hydrogen-bond acceptors (Lipinski definition) is 2. The lowest BCUT2D eigenvalue weighted by atomic mass is 10.1. The summed E-state index contributed by atoms with van der Waals surface area (Å²) in [6.07, 6.45) is 13.6. The van der Waals surface area contributed by atoms with E-state index in [1.54, 1.807) is 36.5 Å². The number of rotatable bonds is 5. The average Bonchev–Trinajstić information content (AvgIpc) is 2.61. The molecule has 0 saturated heterocycles. The largest absolute Gasteiger partial charge is 0.456 e. The Morgan fingerprint density at radius 3 is 2.04 bits per heavy atom.